The molecule has 122 valence electrons. The van der Waals surface area contributed by atoms with E-state index in [2.05, 4.69) is 5.32 Å². The number of amides is 2. The first-order chi connectivity index (χ1) is 11.0. The minimum Gasteiger partial charge on any atom is -0.483 e. The van der Waals surface area contributed by atoms with Gasteiger partial charge in [0.05, 0.1) is 11.6 Å². The Morgan fingerprint density at radius 3 is 2.57 bits per heavy atom. The number of ether oxygens (including phenoxy) is 1. The van der Waals surface area contributed by atoms with Crippen molar-refractivity contribution in [2.45, 2.75) is 19.9 Å². The Labute approximate surface area is 139 Å². The minimum absolute atomic E-state index is 0.0579. The van der Waals surface area contributed by atoms with Gasteiger partial charge in [0.25, 0.3) is 11.8 Å². The third-order valence-electron chi connectivity index (χ3n) is 3.34. The van der Waals surface area contributed by atoms with E-state index in [1.807, 2.05) is 31.4 Å². The van der Waals surface area contributed by atoms with Crippen LogP contribution in [0.2, 0.25) is 0 Å². The number of hydrogen-bond acceptors (Lipinski definition) is 4. The molecule has 1 aromatic heterocycles. The molecule has 3 N–H and O–H groups in total. The van der Waals surface area contributed by atoms with Crippen LogP contribution in [0.15, 0.2) is 41.8 Å². The molecule has 1 heterocycles. The fourth-order valence-corrected chi connectivity index (χ4v) is 3.14. The van der Waals surface area contributed by atoms with Gasteiger partial charge in [-0.15, -0.1) is 11.3 Å². The number of nitrogens with two attached hydrogens (primary N) is 1. The summed E-state index contributed by atoms with van der Waals surface area (Å²) in [5.41, 5.74) is 5.55. The van der Waals surface area contributed by atoms with E-state index < -0.39 is 5.91 Å². The van der Waals surface area contributed by atoms with Crippen molar-refractivity contribution in [2.24, 2.45) is 11.7 Å². The fraction of sp³-hybridized carbons (Fsp3) is 0.294. The van der Waals surface area contributed by atoms with Crippen LogP contribution in [-0.4, -0.2) is 18.4 Å². The first-order valence-electron chi connectivity index (χ1n) is 7.33. The zero-order valence-corrected chi connectivity index (χ0v) is 13.9. The zero-order chi connectivity index (χ0) is 16.8. The molecule has 2 aromatic rings. The molecule has 0 saturated heterocycles. The highest BCUT2D eigenvalue weighted by atomic mass is 32.1. The van der Waals surface area contributed by atoms with E-state index in [0.717, 1.165) is 4.88 Å². The van der Waals surface area contributed by atoms with Gasteiger partial charge >= 0.3 is 0 Å². The molecule has 1 aromatic carbocycles. The highest BCUT2D eigenvalue weighted by Crippen LogP contribution is 2.25. The quantitative estimate of drug-likeness (QED) is 0.818. The molecule has 23 heavy (non-hydrogen) atoms. The Hall–Kier alpha value is -2.34. The summed E-state index contributed by atoms with van der Waals surface area (Å²) < 4.78 is 5.45. The molecular formula is C17H20N2O3S. The molecule has 2 amide bonds. The Morgan fingerprint density at radius 1 is 1.22 bits per heavy atom. The summed E-state index contributed by atoms with van der Waals surface area (Å²) in [7, 11) is 0. The molecular weight excluding hydrogens is 312 g/mol. The number of para-hydroxylation sites is 1. The van der Waals surface area contributed by atoms with E-state index in [-0.39, 0.29) is 30.0 Å². The van der Waals surface area contributed by atoms with Gasteiger partial charge in [-0.1, -0.05) is 32.0 Å². The van der Waals surface area contributed by atoms with Crippen LogP contribution in [0, 0.1) is 5.92 Å². The van der Waals surface area contributed by atoms with Crippen molar-refractivity contribution >= 4 is 23.2 Å². The summed E-state index contributed by atoms with van der Waals surface area (Å²) in [5.74, 6) is -0.251. The monoisotopic (exact) mass is 332 g/mol. The van der Waals surface area contributed by atoms with Gasteiger partial charge in [-0.05, 0) is 29.5 Å². The summed E-state index contributed by atoms with van der Waals surface area (Å²) in [6.45, 7) is 3.93. The van der Waals surface area contributed by atoms with Crippen molar-refractivity contribution in [1.82, 2.24) is 5.32 Å². The lowest BCUT2D eigenvalue weighted by Crippen LogP contribution is -2.35. The summed E-state index contributed by atoms with van der Waals surface area (Å²) in [6, 6.07) is 10.5. The van der Waals surface area contributed by atoms with Gasteiger partial charge in [0, 0.05) is 4.88 Å². The van der Waals surface area contributed by atoms with Gasteiger partial charge in [-0.3, -0.25) is 9.59 Å². The van der Waals surface area contributed by atoms with Crippen molar-refractivity contribution in [2.75, 3.05) is 6.61 Å². The predicted octanol–water partition coefficient (Wildman–Crippen LogP) is 2.74. The maximum atomic E-state index is 12.2. The average Bonchev–Trinajstić information content (AvgIpc) is 3.04. The van der Waals surface area contributed by atoms with E-state index in [1.54, 1.807) is 35.6 Å². The minimum atomic E-state index is -0.584. The number of carbonyl (C=O) groups excluding carboxylic acids is 2. The van der Waals surface area contributed by atoms with Gasteiger partial charge in [0.1, 0.15) is 5.75 Å². The van der Waals surface area contributed by atoms with Crippen LogP contribution in [0.1, 0.15) is 35.1 Å². The third kappa shape index (κ3) is 4.56. The van der Waals surface area contributed by atoms with Gasteiger partial charge < -0.3 is 15.8 Å². The molecule has 0 aliphatic rings. The number of carbonyl (C=O) groups is 2. The second-order valence-electron chi connectivity index (χ2n) is 5.45. The fourth-order valence-electron chi connectivity index (χ4n) is 2.19. The second-order valence-corrected chi connectivity index (χ2v) is 6.43. The first-order valence-corrected chi connectivity index (χ1v) is 8.21. The molecule has 0 fully saturated rings. The summed E-state index contributed by atoms with van der Waals surface area (Å²) in [4.78, 5) is 24.6. The zero-order valence-electron chi connectivity index (χ0n) is 13.1. The smallest absolute Gasteiger partial charge is 0.258 e. The Balaban J connectivity index is 1.99. The molecule has 0 aliphatic carbocycles. The van der Waals surface area contributed by atoms with Crippen molar-refractivity contribution in [3.63, 3.8) is 0 Å². The maximum absolute atomic E-state index is 12.2. The number of thiophene rings is 1. The number of rotatable bonds is 7. The van der Waals surface area contributed by atoms with E-state index >= 15 is 0 Å². The molecule has 1 atom stereocenters. The van der Waals surface area contributed by atoms with Crippen LogP contribution in [0.25, 0.3) is 0 Å². The van der Waals surface area contributed by atoms with Crippen LogP contribution in [0.3, 0.4) is 0 Å². The second kappa shape index (κ2) is 7.78. The van der Waals surface area contributed by atoms with Crippen molar-refractivity contribution in [1.29, 1.82) is 0 Å². The van der Waals surface area contributed by atoms with Crippen LogP contribution < -0.4 is 15.8 Å². The Bertz CT molecular complexity index is 668. The van der Waals surface area contributed by atoms with Gasteiger partial charge in [0.15, 0.2) is 6.61 Å². The van der Waals surface area contributed by atoms with Gasteiger partial charge in [0.2, 0.25) is 0 Å². The maximum Gasteiger partial charge on any atom is 0.258 e. The Kier molecular flexibility index (Phi) is 5.76. The SMILES string of the molecule is CC(C)C(NC(=O)COc1ccccc1C(N)=O)c1cccs1. The number of nitrogens with one attached hydrogen (secondary N) is 1. The molecule has 0 radical (unpaired) electrons. The van der Waals surface area contributed by atoms with Crippen LogP contribution >= 0.6 is 11.3 Å². The standard InChI is InChI=1S/C17H20N2O3S/c1-11(2)16(14-8-5-9-23-14)19-15(20)10-22-13-7-4-3-6-12(13)17(18)21/h3-9,11,16H,10H2,1-2H3,(H2,18,21)(H,19,20). The molecule has 6 heteroatoms. The lowest BCUT2D eigenvalue weighted by molar-refractivity contribution is -0.124. The lowest BCUT2D eigenvalue weighted by atomic mass is 10.0. The largest absolute Gasteiger partial charge is 0.483 e. The highest BCUT2D eigenvalue weighted by molar-refractivity contribution is 7.10. The Morgan fingerprint density at radius 2 is 1.96 bits per heavy atom. The highest BCUT2D eigenvalue weighted by Gasteiger charge is 2.19. The molecule has 5 nitrogen and oxygen atoms in total. The van der Waals surface area contributed by atoms with E-state index in [4.69, 9.17) is 10.5 Å². The van der Waals surface area contributed by atoms with Crippen molar-refractivity contribution < 1.29 is 14.3 Å². The summed E-state index contributed by atoms with van der Waals surface area (Å²) in [6.07, 6.45) is 0. The topological polar surface area (TPSA) is 81.4 Å². The van der Waals surface area contributed by atoms with Gasteiger partial charge in [-0.2, -0.15) is 0 Å². The normalized spacial score (nSPS) is 12.0. The predicted molar refractivity (Wildman–Crippen MR) is 90.5 cm³/mol. The van der Waals surface area contributed by atoms with Crippen molar-refractivity contribution in [3.8, 4) is 5.75 Å². The summed E-state index contributed by atoms with van der Waals surface area (Å²) in [5, 5.41) is 4.95. The number of primary amides is 1. The van der Waals surface area contributed by atoms with E-state index in [1.165, 1.54) is 0 Å². The van der Waals surface area contributed by atoms with Crippen LogP contribution in [0.4, 0.5) is 0 Å². The average molecular weight is 332 g/mol. The van der Waals surface area contributed by atoms with Crippen LogP contribution in [-0.2, 0) is 4.79 Å². The van der Waals surface area contributed by atoms with E-state index in [0.29, 0.717) is 5.75 Å². The molecule has 0 saturated carbocycles. The van der Waals surface area contributed by atoms with Gasteiger partial charge in [-0.25, -0.2) is 0 Å². The molecule has 0 bridgehead atoms. The number of hydrogen-bond donors (Lipinski definition) is 2. The number of benzene rings is 1. The van der Waals surface area contributed by atoms with Crippen molar-refractivity contribution in [3.05, 3.63) is 52.2 Å². The van der Waals surface area contributed by atoms with E-state index in [9.17, 15) is 9.59 Å². The molecule has 1 unspecified atom stereocenters. The molecule has 0 spiro atoms. The third-order valence-corrected chi connectivity index (χ3v) is 4.30. The lowest BCUT2D eigenvalue weighted by Gasteiger charge is -2.21. The van der Waals surface area contributed by atoms with Crippen LogP contribution in [0.5, 0.6) is 5.75 Å². The molecule has 2 rings (SSSR count). The first kappa shape index (κ1) is 17.0. The molecule has 0 aliphatic heterocycles. The summed E-state index contributed by atoms with van der Waals surface area (Å²) >= 11 is 1.61.